The van der Waals surface area contributed by atoms with E-state index in [2.05, 4.69) is 64.5 Å². The summed E-state index contributed by atoms with van der Waals surface area (Å²) >= 11 is 0. The smallest absolute Gasteiger partial charge is 0.0439 e. The molecule has 0 radical (unpaired) electrons. The van der Waals surface area contributed by atoms with Crippen molar-refractivity contribution in [2.75, 3.05) is 19.6 Å². The number of allylic oxidation sites excluding steroid dienone is 7. The van der Waals surface area contributed by atoms with E-state index in [1.165, 1.54) is 35.4 Å². The van der Waals surface area contributed by atoms with E-state index in [9.17, 15) is 0 Å². The molecule has 24 heavy (non-hydrogen) atoms. The number of dihydropyridines is 1. The number of nitrogens with zero attached hydrogens (tertiary/aromatic N) is 1. The zero-order valence-electron chi connectivity index (χ0n) is 14.3. The lowest BCUT2D eigenvalue weighted by Crippen LogP contribution is -2.42. The lowest BCUT2D eigenvalue weighted by atomic mass is 9.80. The fraction of sp³-hybridized carbons (Fsp3) is 0.450. The van der Waals surface area contributed by atoms with E-state index >= 15 is 0 Å². The lowest BCUT2D eigenvalue weighted by Gasteiger charge is -2.34. The Morgan fingerprint density at radius 2 is 2.08 bits per heavy atom. The summed E-state index contributed by atoms with van der Waals surface area (Å²) in [4.78, 5) is 4.39. The molecular weight excluding hydrogens is 296 g/mol. The fourth-order valence-electron chi connectivity index (χ4n) is 3.79. The van der Waals surface area contributed by atoms with Crippen LogP contribution in [0, 0.1) is 11.8 Å². The molecule has 0 spiro atoms. The van der Waals surface area contributed by atoms with Crippen molar-refractivity contribution in [3.05, 3.63) is 59.1 Å². The summed E-state index contributed by atoms with van der Waals surface area (Å²) in [6.45, 7) is 5.23. The summed E-state index contributed by atoms with van der Waals surface area (Å²) in [5, 5.41) is 10.7. The molecule has 2 unspecified atom stereocenters. The van der Waals surface area contributed by atoms with Crippen LogP contribution in [0.2, 0.25) is 0 Å². The molecule has 3 heterocycles. The maximum atomic E-state index is 4.39. The van der Waals surface area contributed by atoms with Crippen LogP contribution in [-0.2, 0) is 0 Å². The van der Waals surface area contributed by atoms with Crippen molar-refractivity contribution in [1.29, 1.82) is 0 Å². The molecule has 3 N–H and O–H groups in total. The number of piperidine rings is 1. The second-order valence-electron chi connectivity index (χ2n) is 7.03. The van der Waals surface area contributed by atoms with Crippen LogP contribution in [-0.4, -0.2) is 31.9 Å². The minimum atomic E-state index is 0.350. The van der Waals surface area contributed by atoms with Crippen LogP contribution < -0.4 is 16.0 Å². The summed E-state index contributed by atoms with van der Waals surface area (Å²) in [6.07, 6.45) is 17.8. The third-order valence-electron chi connectivity index (χ3n) is 5.27. The molecule has 0 amide bonds. The topological polar surface area (TPSA) is 48.5 Å². The molecule has 0 aromatic rings. The second kappa shape index (κ2) is 6.81. The Bertz CT molecular complexity index is 672. The molecule has 0 aromatic carbocycles. The molecule has 4 rings (SSSR count). The molecule has 4 nitrogen and oxygen atoms in total. The molecule has 1 saturated heterocycles. The van der Waals surface area contributed by atoms with Gasteiger partial charge in [0.25, 0.3) is 0 Å². The van der Waals surface area contributed by atoms with Crippen LogP contribution in [0.15, 0.2) is 64.1 Å². The Balaban J connectivity index is 1.60. The van der Waals surface area contributed by atoms with Gasteiger partial charge in [0.05, 0.1) is 0 Å². The van der Waals surface area contributed by atoms with Gasteiger partial charge in [-0.05, 0) is 56.2 Å². The Morgan fingerprint density at radius 3 is 2.88 bits per heavy atom. The number of hydrogen-bond acceptors (Lipinski definition) is 4. The van der Waals surface area contributed by atoms with Gasteiger partial charge >= 0.3 is 0 Å². The van der Waals surface area contributed by atoms with Gasteiger partial charge in [0.15, 0.2) is 0 Å². The molecule has 0 saturated carbocycles. The number of rotatable bonds is 3. The lowest BCUT2D eigenvalue weighted by molar-refractivity contribution is 0.397. The first kappa shape index (κ1) is 15.5. The normalized spacial score (nSPS) is 29.7. The first-order valence-electron chi connectivity index (χ1n) is 9.02. The molecular formula is C20H26N4. The molecule has 0 bridgehead atoms. The van der Waals surface area contributed by atoms with Crippen LogP contribution in [0.25, 0.3) is 0 Å². The molecule has 126 valence electrons. The first-order valence-corrected chi connectivity index (χ1v) is 9.02. The summed E-state index contributed by atoms with van der Waals surface area (Å²) in [5.41, 5.74) is 5.25. The average Bonchev–Trinajstić information content (AvgIpc) is 2.63. The highest BCUT2D eigenvalue weighted by Crippen LogP contribution is 2.33. The standard InChI is InChI=1S/C20H26N4/c1-14-2-3-16(12-23-14)17-10-15-4-7-22-13-19(15)20(11-17)24-18-5-8-21-9-6-18/h2-4,7,10-11,13,15,18-19,21,23-24H,5-6,8-9,12H2,1H3. The molecule has 1 aliphatic carbocycles. The summed E-state index contributed by atoms with van der Waals surface area (Å²) in [6, 6.07) is 0.567. The SMILES string of the molecule is CC1=CC=C(C2=CC3C=CN=CC3C(NC3CCNCC3)=C2)CN1. The van der Waals surface area contributed by atoms with Crippen LogP contribution in [0.5, 0.6) is 0 Å². The van der Waals surface area contributed by atoms with E-state index in [-0.39, 0.29) is 0 Å². The van der Waals surface area contributed by atoms with Crippen molar-refractivity contribution >= 4 is 6.21 Å². The second-order valence-corrected chi connectivity index (χ2v) is 7.03. The minimum absolute atomic E-state index is 0.350. The Labute approximate surface area is 144 Å². The Hall–Kier alpha value is -2.07. The van der Waals surface area contributed by atoms with Gasteiger partial charge in [-0.1, -0.05) is 18.2 Å². The van der Waals surface area contributed by atoms with Crippen molar-refractivity contribution < 1.29 is 0 Å². The molecule has 4 heteroatoms. The maximum absolute atomic E-state index is 4.39. The zero-order valence-corrected chi connectivity index (χ0v) is 14.3. The predicted molar refractivity (Wildman–Crippen MR) is 99.6 cm³/mol. The van der Waals surface area contributed by atoms with E-state index < -0.39 is 0 Å². The largest absolute Gasteiger partial charge is 0.385 e. The Kier molecular flexibility index (Phi) is 4.39. The molecule has 3 aliphatic heterocycles. The van der Waals surface area contributed by atoms with Crippen LogP contribution in [0.4, 0.5) is 0 Å². The van der Waals surface area contributed by atoms with E-state index in [1.807, 2.05) is 6.20 Å². The van der Waals surface area contributed by atoms with E-state index in [0.717, 1.165) is 19.6 Å². The van der Waals surface area contributed by atoms with E-state index in [4.69, 9.17) is 0 Å². The van der Waals surface area contributed by atoms with Crippen LogP contribution in [0.1, 0.15) is 19.8 Å². The van der Waals surface area contributed by atoms with Gasteiger partial charge in [-0.15, -0.1) is 0 Å². The minimum Gasteiger partial charge on any atom is -0.385 e. The highest BCUT2D eigenvalue weighted by molar-refractivity contribution is 5.70. The number of aliphatic imine (C=N–C) groups is 1. The van der Waals surface area contributed by atoms with E-state index in [0.29, 0.717) is 17.9 Å². The summed E-state index contributed by atoms with van der Waals surface area (Å²) in [5.74, 6) is 0.752. The molecule has 4 aliphatic rings. The van der Waals surface area contributed by atoms with Crippen LogP contribution >= 0.6 is 0 Å². The zero-order chi connectivity index (χ0) is 16.4. The monoisotopic (exact) mass is 322 g/mol. The third-order valence-corrected chi connectivity index (χ3v) is 5.27. The van der Waals surface area contributed by atoms with Gasteiger partial charge in [0.1, 0.15) is 0 Å². The highest BCUT2D eigenvalue weighted by Gasteiger charge is 2.28. The first-order chi connectivity index (χ1) is 11.8. The molecule has 2 atom stereocenters. The van der Waals surface area contributed by atoms with Gasteiger partial charge in [0.2, 0.25) is 0 Å². The van der Waals surface area contributed by atoms with Crippen molar-refractivity contribution in [1.82, 2.24) is 16.0 Å². The highest BCUT2D eigenvalue weighted by atomic mass is 15.0. The number of nitrogens with one attached hydrogen (secondary N) is 3. The van der Waals surface area contributed by atoms with Crippen molar-refractivity contribution in [3.63, 3.8) is 0 Å². The van der Waals surface area contributed by atoms with Crippen molar-refractivity contribution in [2.45, 2.75) is 25.8 Å². The van der Waals surface area contributed by atoms with Crippen LogP contribution in [0.3, 0.4) is 0 Å². The van der Waals surface area contributed by atoms with Crippen molar-refractivity contribution in [3.8, 4) is 0 Å². The molecule has 0 aromatic heterocycles. The third kappa shape index (κ3) is 3.24. The van der Waals surface area contributed by atoms with Gasteiger partial charge in [-0.25, -0.2) is 0 Å². The quantitative estimate of drug-likeness (QED) is 0.748. The average molecular weight is 322 g/mol. The van der Waals surface area contributed by atoms with Gasteiger partial charge < -0.3 is 16.0 Å². The van der Waals surface area contributed by atoms with Gasteiger partial charge in [0, 0.05) is 48.2 Å². The predicted octanol–water partition coefficient (Wildman–Crippen LogP) is 2.42. The maximum Gasteiger partial charge on any atom is 0.0439 e. The van der Waals surface area contributed by atoms with Gasteiger partial charge in [-0.2, -0.15) is 0 Å². The summed E-state index contributed by atoms with van der Waals surface area (Å²) in [7, 11) is 0. The number of fused-ring (bicyclic) bond motifs is 1. The van der Waals surface area contributed by atoms with Gasteiger partial charge in [-0.3, -0.25) is 4.99 Å². The Morgan fingerprint density at radius 1 is 1.21 bits per heavy atom. The number of hydrogen-bond donors (Lipinski definition) is 3. The van der Waals surface area contributed by atoms with E-state index in [1.54, 1.807) is 0 Å². The fourth-order valence-corrected chi connectivity index (χ4v) is 3.79. The summed E-state index contributed by atoms with van der Waals surface area (Å²) < 4.78 is 0. The van der Waals surface area contributed by atoms with Crippen molar-refractivity contribution in [2.24, 2.45) is 16.8 Å². The molecule has 1 fully saturated rings.